The molecule has 0 saturated heterocycles. The third-order valence-corrected chi connectivity index (χ3v) is 2.81. The average Bonchev–Trinajstić information content (AvgIpc) is 3.02. The van der Waals surface area contributed by atoms with Crippen LogP contribution >= 0.6 is 0 Å². The van der Waals surface area contributed by atoms with Crippen molar-refractivity contribution < 1.29 is 9.52 Å². The summed E-state index contributed by atoms with van der Waals surface area (Å²) in [5.74, 6) is 0.607. The summed E-state index contributed by atoms with van der Waals surface area (Å²) < 4.78 is 5.15. The molecule has 0 spiro atoms. The maximum atomic E-state index is 9.99. The van der Waals surface area contributed by atoms with Crippen LogP contribution in [-0.2, 0) is 0 Å². The normalized spacial score (nSPS) is 10.9. The van der Waals surface area contributed by atoms with Gasteiger partial charge in [-0.15, -0.1) is 0 Å². The Kier molecular flexibility index (Phi) is 3.60. The quantitative estimate of drug-likeness (QED) is 0.567. The summed E-state index contributed by atoms with van der Waals surface area (Å²) in [5.41, 5.74) is 5.03. The Morgan fingerprint density at radius 3 is 2.71 bits per heavy atom. The molecule has 0 fully saturated rings. The highest BCUT2D eigenvalue weighted by Crippen LogP contribution is 2.31. The van der Waals surface area contributed by atoms with Crippen LogP contribution in [0.4, 0.5) is 5.69 Å². The Bertz CT molecular complexity index is 740. The molecule has 0 aliphatic carbocycles. The van der Waals surface area contributed by atoms with Crippen molar-refractivity contribution in [3.05, 3.63) is 60.9 Å². The van der Waals surface area contributed by atoms with Crippen LogP contribution in [0.25, 0.3) is 11.3 Å². The maximum Gasteiger partial charge on any atom is 0.181 e. The molecule has 3 aromatic rings. The van der Waals surface area contributed by atoms with Crippen LogP contribution in [0.5, 0.6) is 5.75 Å². The van der Waals surface area contributed by atoms with Crippen LogP contribution in [0, 0.1) is 0 Å². The number of phenols is 1. The summed E-state index contributed by atoms with van der Waals surface area (Å²) >= 11 is 0. The zero-order valence-corrected chi connectivity index (χ0v) is 11.0. The van der Waals surface area contributed by atoms with Gasteiger partial charge in [0.25, 0.3) is 0 Å². The number of aromatic nitrogens is 2. The van der Waals surface area contributed by atoms with Gasteiger partial charge in [-0.1, -0.05) is 0 Å². The van der Waals surface area contributed by atoms with Gasteiger partial charge in [0.2, 0.25) is 0 Å². The van der Waals surface area contributed by atoms with Gasteiger partial charge in [0, 0.05) is 18.5 Å². The fourth-order valence-electron chi connectivity index (χ4n) is 1.79. The number of hydrazone groups is 1. The molecule has 3 rings (SSSR count). The van der Waals surface area contributed by atoms with Gasteiger partial charge < -0.3 is 9.52 Å². The first-order valence-corrected chi connectivity index (χ1v) is 6.24. The maximum absolute atomic E-state index is 9.99. The van der Waals surface area contributed by atoms with E-state index in [-0.39, 0.29) is 5.75 Å². The molecule has 6 nitrogen and oxygen atoms in total. The van der Waals surface area contributed by atoms with Crippen LogP contribution in [0.2, 0.25) is 0 Å². The molecule has 104 valence electrons. The first-order chi connectivity index (χ1) is 10.3. The third-order valence-electron chi connectivity index (χ3n) is 2.81. The highest BCUT2D eigenvalue weighted by Gasteiger charge is 2.07. The molecular formula is C15H12N4O2. The summed E-state index contributed by atoms with van der Waals surface area (Å²) in [6.45, 7) is 0. The fourth-order valence-corrected chi connectivity index (χ4v) is 1.79. The van der Waals surface area contributed by atoms with E-state index in [1.165, 1.54) is 6.39 Å². The van der Waals surface area contributed by atoms with Gasteiger partial charge in [0.1, 0.15) is 5.75 Å². The summed E-state index contributed by atoms with van der Waals surface area (Å²) in [4.78, 5) is 7.75. The number of oxazole rings is 1. The van der Waals surface area contributed by atoms with Crippen molar-refractivity contribution in [2.75, 3.05) is 5.43 Å². The Labute approximate surface area is 120 Å². The number of pyridine rings is 1. The molecule has 0 radical (unpaired) electrons. The van der Waals surface area contributed by atoms with Gasteiger partial charge in [-0.05, 0) is 29.8 Å². The molecular weight excluding hydrogens is 268 g/mol. The number of rotatable bonds is 4. The smallest absolute Gasteiger partial charge is 0.181 e. The second-order valence-corrected chi connectivity index (χ2v) is 4.25. The van der Waals surface area contributed by atoms with E-state index < -0.39 is 0 Å². The Hall–Kier alpha value is -3.15. The molecule has 2 heterocycles. The number of nitrogens with zero attached hydrogens (tertiary/aromatic N) is 3. The largest absolute Gasteiger partial charge is 0.507 e. The summed E-state index contributed by atoms with van der Waals surface area (Å²) in [7, 11) is 0. The van der Waals surface area contributed by atoms with Gasteiger partial charge in [0.05, 0.1) is 23.7 Å². The SMILES string of the molecule is Oc1cc(N/N=C/c2ccncc2)ccc1-c1cnco1. The number of nitrogens with one attached hydrogen (secondary N) is 1. The van der Waals surface area contributed by atoms with E-state index in [1.54, 1.807) is 43.0 Å². The molecule has 0 bridgehead atoms. The van der Waals surface area contributed by atoms with E-state index >= 15 is 0 Å². The van der Waals surface area contributed by atoms with Crippen LogP contribution in [0.3, 0.4) is 0 Å². The highest BCUT2D eigenvalue weighted by atomic mass is 16.3. The molecule has 2 N–H and O–H groups in total. The molecule has 0 unspecified atom stereocenters. The first kappa shape index (κ1) is 12.9. The Balaban J connectivity index is 1.73. The fraction of sp³-hybridized carbons (Fsp3) is 0. The van der Waals surface area contributed by atoms with Gasteiger partial charge in [0.15, 0.2) is 12.2 Å². The van der Waals surface area contributed by atoms with E-state index in [9.17, 15) is 5.11 Å². The van der Waals surface area contributed by atoms with Crippen molar-refractivity contribution >= 4 is 11.9 Å². The zero-order chi connectivity index (χ0) is 14.5. The predicted octanol–water partition coefficient (Wildman–Crippen LogP) is 2.89. The molecule has 0 aliphatic rings. The lowest BCUT2D eigenvalue weighted by atomic mass is 10.1. The van der Waals surface area contributed by atoms with E-state index in [1.807, 2.05) is 12.1 Å². The van der Waals surface area contributed by atoms with E-state index in [0.29, 0.717) is 17.0 Å². The monoisotopic (exact) mass is 280 g/mol. The number of benzene rings is 1. The standard InChI is InChI=1S/C15H12N4O2/c20-14-7-12(1-2-13(14)15-9-17-10-21-15)19-18-8-11-3-5-16-6-4-11/h1-10,19-20H/b18-8+. The Morgan fingerprint density at radius 1 is 1.14 bits per heavy atom. The van der Waals surface area contributed by atoms with Crippen LogP contribution in [0.15, 0.2) is 64.8 Å². The average molecular weight is 280 g/mol. The van der Waals surface area contributed by atoms with Crippen molar-refractivity contribution in [1.29, 1.82) is 0 Å². The minimum absolute atomic E-state index is 0.0934. The molecule has 21 heavy (non-hydrogen) atoms. The minimum Gasteiger partial charge on any atom is -0.507 e. The molecule has 0 amide bonds. The molecule has 6 heteroatoms. The van der Waals surface area contributed by atoms with Crippen LogP contribution < -0.4 is 5.43 Å². The van der Waals surface area contributed by atoms with E-state index in [2.05, 4.69) is 20.5 Å². The van der Waals surface area contributed by atoms with Gasteiger partial charge in [-0.3, -0.25) is 10.4 Å². The number of phenolic OH excluding ortho intramolecular Hbond substituents is 1. The van der Waals surface area contributed by atoms with Crippen molar-refractivity contribution in [3.8, 4) is 17.1 Å². The predicted molar refractivity (Wildman–Crippen MR) is 79.1 cm³/mol. The van der Waals surface area contributed by atoms with Gasteiger partial charge in [-0.25, -0.2) is 4.98 Å². The van der Waals surface area contributed by atoms with Crippen LogP contribution in [-0.4, -0.2) is 21.3 Å². The summed E-state index contributed by atoms with van der Waals surface area (Å²) in [6.07, 6.45) is 7.92. The van der Waals surface area contributed by atoms with Crippen molar-refractivity contribution in [1.82, 2.24) is 9.97 Å². The lowest BCUT2D eigenvalue weighted by molar-refractivity contribution is 0.473. The summed E-state index contributed by atoms with van der Waals surface area (Å²) in [6, 6.07) is 8.79. The number of hydrogen-bond acceptors (Lipinski definition) is 6. The number of anilines is 1. The van der Waals surface area contributed by atoms with Crippen molar-refractivity contribution in [2.45, 2.75) is 0 Å². The van der Waals surface area contributed by atoms with Gasteiger partial charge in [-0.2, -0.15) is 5.10 Å². The van der Waals surface area contributed by atoms with Gasteiger partial charge >= 0.3 is 0 Å². The van der Waals surface area contributed by atoms with Crippen molar-refractivity contribution in [2.24, 2.45) is 5.10 Å². The van der Waals surface area contributed by atoms with E-state index in [0.717, 1.165) is 5.56 Å². The second kappa shape index (κ2) is 5.87. The van der Waals surface area contributed by atoms with Crippen LogP contribution in [0.1, 0.15) is 5.56 Å². The lowest BCUT2D eigenvalue weighted by Crippen LogP contribution is -1.91. The molecule has 0 saturated carbocycles. The van der Waals surface area contributed by atoms with Crippen molar-refractivity contribution in [3.63, 3.8) is 0 Å². The topological polar surface area (TPSA) is 83.5 Å². The molecule has 0 aliphatic heterocycles. The molecule has 1 aromatic carbocycles. The number of aromatic hydroxyl groups is 1. The third kappa shape index (κ3) is 3.06. The Morgan fingerprint density at radius 2 is 2.00 bits per heavy atom. The minimum atomic E-state index is 0.0934. The second-order valence-electron chi connectivity index (χ2n) is 4.25. The summed E-state index contributed by atoms with van der Waals surface area (Å²) in [5, 5.41) is 14.1. The first-order valence-electron chi connectivity index (χ1n) is 6.24. The number of hydrogen-bond donors (Lipinski definition) is 2. The zero-order valence-electron chi connectivity index (χ0n) is 11.0. The molecule has 0 atom stereocenters. The van der Waals surface area contributed by atoms with E-state index in [4.69, 9.17) is 4.42 Å². The highest BCUT2D eigenvalue weighted by molar-refractivity contribution is 5.80. The lowest BCUT2D eigenvalue weighted by Gasteiger charge is -2.04. The molecule has 2 aromatic heterocycles.